The molecule has 1 unspecified atom stereocenters. The molecule has 170 valence electrons. The van der Waals surface area contributed by atoms with Crippen LogP contribution in [-0.4, -0.2) is 29.6 Å². The minimum Gasteiger partial charge on any atom is -0.493 e. The largest absolute Gasteiger partial charge is 0.493 e. The molecule has 0 radical (unpaired) electrons. The first kappa shape index (κ1) is 22.6. The molecule has 0 fully saturated rings. The quantitative estimate of drug-likeness (QED) is 0.292. The number of methoxy groups -OCH3 is 1. The summed E-state index contributed by atoms with van der Waals surface area (Å²) in [6, 6.07) is 11.7. The Hall–Kier alpha value is -3.59. The summed E-state index contributed by atoms with van der Waals surface area (Å²) in [6.07, 6.45) is 1.66. The van der Waals surface area contributed by atoms with Crippen molar-refractivity contribution in [2.24, 2.45) is 0 Å². The van der Waals surface area contributed by atoms with Gasteiger partial charge in [-0.3, -0.25) is 9.59 Å². The minimum absolute atomic E-state index is 0.0527. The zero-order chi connectivity index (χ0) is 23.4. The van der Waals surface area contributed by atoms with Crippen molar-refractivity contribution < 1.29 is 18.7 Å². The number of H-pyrrole nitrogens is 1. The lowest BCUT2D eigenvalue weighted by molar-refractivity contribution is -0.116. The van der Waals surface area contributed by atoms with Gasteiger partial charge in [0.15, 0.2) is 16.7 Å². The second-order valence-corrected chi connectivity index (χ2v) is 8.26. The number of fused-ring (bicyclic) bond motifs is 1. The number of benzene rings is 2. The van der Waals surface area contributed by atoms with Crippen molar-refractivity contribution in [1.29, 1.82) is 0 Å². The number of thioether (sulfide) groups is 1. The average Bonchev–Trinajstić information content (AvgIpc) is 2.81. The summed E-state index contributed by atoms with van der Waals surface area (Å²) in [5.41, 5.74) is 1.09. The van der Waals surface area contributed by atoms with Crippen LogP contribution >= 0.6 is 11.8 Å². The van der Waals surface area contributed by atoms with Gasteiger partial charge in [0, 0.05) is 23.7 Å². The molecule has 0 saturated carbocycles. The number of para-hydroxylation sites is 1. The minimum atomic E-state index is -0.578. The van der Waals surface area contributed by atoms with Crippen LogP contribution in [0.15, 0.2) is 65.1 Å². The monoisotopic (exact) mass is 467 g/mol. The zero-order valence-corrected chi connectivity index (χ0v) is 18.7. The molecular weight excluding hydrogens is 445 g/mol. The smallest absolute Gasteiger partial charge is 0.257 e. The maximum atomic E-state index is 13.9. The molecule has 2 aromatic carbocycles. The van der Waals surface area contributed by atoms with E-state index in [4.69, 9.17) is 9.47 Å². The molecule has 2 heterocycles. The van der Waals surface area contributed by atoms with Crippen LogP contribution in [0.4, 0.5) is 10.2 Å². The van der Waals surface area contributed by atoms with Gasteiger partial charge in [-0.15, -0.1) is 0 Å². The van der Waals surface area contributed by atoms with Crippen molar-refractivity contribution in [3.63, 3.8) is 0 Å². The number of carbonyl (C=O) groups excluding carboxylic acids is 1. The molecule has 1 aliphatic rings. The Kier molecular flexibility index (Phi) is 6.79. The standard InChI is InChI=1S/C24H22FN3O4S/c1-3-11-32-21-15(8-6-10-18(21)31-2)16-12-19(29)26-22-20(16)23(30)28-24(27-22)33-13-14-7-4-5-9-17(14)25/h3-10,16H,1,11-13H2,2H3,(H2,26,27,28,29,30). The van der Waals surface area contributed by atoms with Gasteiger partial charge in [-0.05, 0) is 17.7 Å². The number of aromatic nitrogens is 2. The van der Waals surface area contributed by atoms with E-state index in [0.717, 1.165) is 0 Å². The van der Waals surface area contributed by atoms with Crippen LogP contribution in [0.3, 0.4) is 0 Å². The van der Waals surface area contributed by atoms with Crippen LogP contribution in [0.1, 0.15) is 29.0 Å². The maximum absolute atomic E-state index is 13.9. The van der Waals surface area contributed by atoms with Gasteiger partial charge in [0.1, 0.15) is 18.2 Å². The fourth-order valence-electron chi connectivity index (χ4n) is 3.71. The van der Waals surface area contributed by atoms with Crippen LogP contribution in [0.2, 0.25) is 0 Å². The molecule has 0 spiro atoms. The number of amides is 1. The summed E-state index contributed by atoms with van der Waals surface area (Å²) in [7, 11) is 1.52. The number of ether oxygens (including phenoxy) is 2. The molecule has 4 rings (SSSR count). The first-order valence-electron chi connectivity index (χ1n) is 10.2. The fourth-order valence-corrected chi connectivity index (χ4v) is 4.56. The molecule has 0 bridgehead atoms. The predicted molar refractivity (Wildman–Crippen MR) is 125 cm³/mol. The van der Waals surface area contributed by atoms with Gasteiger partial charge in [-0.25, -0.2) is 9.37 Å². The molecule has 1 aromatic heterocycles. The van der Waals surface area contributed by atoms with Gasteiger partial charge in [0.05, 0.1) is 12.7 Å². The van der Waals surface area contributed by atoms with Gasteiger partial charge < -0.3 is 19.8 Å². The highest BCUT2D eigenvalue weighted by molar-refractivity contribution is 7.98. The van der Waals surface area contributed by atoms with Crippen molar-refractivity contribution in [3.05, 3.63) is 88.0 Å². The number of hydrogen-bond acceptors (Lipinski definition) is 6. The number of anilines is 1. The van der Waals surface area contributed by atoms with Crippen molar-refractivity contribution in [3.8, 4) is 11.5 Å². The Morgan fingerprint density at radius 3 is 2.82 bits per heavy atom. The number of rotatable bonds is 8. The third-order valence-electron chi connectivity index (χ3n) is 5.20. The molecule has 1 atom stereocenters. The average molecular weight is 468 g/mol. The van der Waals surface area contributed by atoms with Gasteiger partial charge in [0.25, 0.3) is 5.56 Å². The van der Waals surface area contributed by atoms with E-state index in [1.165, 1.54) is 24.9 Å². The number of carbonyl (C=O) groups is 1. The Bertz CT molecular complexity index is 1260. The summed E-state index contributed by atoms with van der Waals surface area (Å²) in [5.74, 6) is 0.225. The van der Waals surface area contributed by atoms with E-state index in [0.29, 0.717) is 28.2 Å². The van der Waals surface area contributed by atoms with Gasteiger partial charge in [-0.1, -0.05) is 54.7 Å². The van der Waals surface area contributed by atoms with Crippen molar-refractivity contribution in [2.45, 2.75) is 23.2 Å². The number of nitrogens with one attached hydrogen (secondary N) is 2. The molecule has 0 saturated heterocycles. The summed E-state index contributed by atoms with van der Waals surface area (Å²) in [5, 5.41) is 2.98. The summed E-state index contributed by atoms with van der Waals surface area (Å²) < 4.78 is 25.2. The van der Waals surface area contributed by atoms with E-state index in [2.05, 4.69) is 21.9 Å². The third kappa shape index (κ3) is 4.78. The Morgan fingerprint density at radius 2 is 2.06 bits per heavy atom. The van der Waals surface area contributed by atoms with E-state index in [9.17, 15) is 14.0 Å². The molecule has 1 amide bonds. The fraction of sp³-hybridized carbons (Fsp3) is 0.208. The highest BCUT2D eigenvalue weighted by atomic mass is 32.2. The summed E-state index contributed by atoms with van der Waals surface area (Å²) in [4.78, 5) is 32.8. The third-order valence-corrected chi connectivity index (χ3v) is 6.12. The summed E-state index contributed by atoms with van der Waals surface area (Å²) in [6.45, 7) is 3.90. The second-order valence-electron chi connectivity index (χ2n) is 7.30. The van der Waals surface area contributed by atoms with E-state index in [1.807, 2.05) is 0 Å². The van der Waals surface area contributed by atoms with E-state index < -0.39 is 5.92 Å². The molecule has 3 aromatic rings. The van der Waals surface area contributed by atoms with Gasteiger partial charge in [-0.2, -0.15) is 0 Å². The molecule has 0 aliphatic carbocycles. The lowest BCUT2D eigenvalue weighted by Gasteiger charge is -2.26. The predicted octanol–water partition coefficient (Wildman–Crippen LogP) is 4.25. The van der Waals surface area contributed by atoms with E-state index in [1.54, 1.807) is 42.5 Å². The van der Waals surface area contributed by atoms with Crippen LogP contribution in [0.5, 0.6) is 11.5 Å². The molecule has 7 nitrogen and oxygen atoms in total. The lowest BCUT2D eigenvalue weighted by atomic mass is 9.86. The first-order chi connectivity index (χ1) is 16.0. The Morgan fingerprint density at radius 1 is 1.24 bits per heavy atom. The molecule has 33 heavy (non-hydrogen) atoms. The molecule has 1 aliphatic heterocycles. The highest BCUT2D eigenvalue weighted by Gasteiger charge is 2.33. The number of halogens is 1. The molecule has 9 heteroatoms. The van der Waals surface area contributed by atoms with Crippen molar-refractivity contribution >= 4 is 23.5 Å². The summed E-state index contributed by atoms with van der Waals surface area (Å²) >= 11 is 1.18. The Labute approximate surface area is 194 Å². The zero-order valence-electron chi connectivity index (χ0n) is 17.9. The van der Waals surface area contributed by atoms with Crippen molar-refractivity contribution in [1.82, 2.24) is 9.97 Å². The number of nitrogens with zero attached hydrogens (tertiary/aromatic N) is 1. The van der Waals surface area contributed by atoms with E-state index in [-0.39, 0.29) is 47.0 Å². The van der Waals surface area contributed by atoms with Crippen molar-refractivity contribution in [2.75, 3.05) is 19.0 Å². The SMILES string of the molecule is C=CCOc1c(OC)cccc1C1CC(=O)Nc2nc(SCc3ccccc3F)[nH]c(=O)c21. The highest BCUT2D eigenvalue weighted by Crippen LogP contribution is 2.42. The van der Waals surface area contributed by atoms with Gasteiger partial charge in [0.2, 0.25) is 5.91 Å². The van der Waals surface area contributed by atoms with Crippen LogP contribution < -0.4 is 20.3 Å². The number of hydrogen-bond donors (Lipinski definition) is 2. The van der Waals surface area contributed by atoms with E-state index >= 15 is 0 Å². The van der Waals surface area contributed by atoms with Crippen LogP contribution in [0.25, 0.3) is 0 Å². The Balaban J connectivity index is 1.71. The first-order valence-corrected chi connectivity index (χ1v) is 11.2. The second kappa shape index (κ2) is 9.91. The number of aromatic amines is 1. The molecular formula is C24H22FN3O4S. The normalized spacial score (nSPS) is 14.8. The topological polar surface area (TPSA) is 93.3 Å². The molecule has 2 N–H and O–H groups in total. The van der Waals surface area contributed by atoms with Crippen LogP contribution in [0, 0.1) is 5.82 Å². The maximum Gasteiger partial charge on any atom is 0.257 e. The lowest BCUT2D eigenvalue weighted by Crippen LogP contribution is -2.31. The van der Waals surface area contributed by atoms with Crippen LogP contribution in [-0.2, 0) is 10.5 Å². The van der Waals surface area contributed by atoms with Gasteiger partial charge >= 0.3 is 0 Å².